The maximum Gasteiger partial charge on any atom is 0.236 e. The molecule has 6 heteroatoms. The highest BCUT2D eigenvalue weighted by atomic mass is 35.5. The summed E-state index contributed by atoms with van der Waals surface area (Å²) < 4.78 is 5.15. The molecule has 88 valence electrons. The number of likely N-dealkylation sites (N-methyl/N-ethyl adjacent to an activating group) is 1. The van der Waals surface area contributed by atoms with Crippen LogP contribution >= 0.6 is 23.2 Å². The van der Waals surface area contributed by atoms with Gasteiger partial charge in [-0.1, -0.05) is 23.2 Å². The first-order chi connectivity index (χ1) is 7.45. The van der Waals surface area contributed by atoms with E-state index in [0.29, 0.717) is 21.5 Å². The Morgan fingerprint density at radius 1 is 1.50 bits per heavy atom. The summed E-state index contributed by atoms with van der Waals surface area (Å²) in [6.07, 6.45) is 0. The van der Waals surface area contributed by atoms with Crippen LogP contribution in [0.4, 0.5) is 5.69 Å². The first-order valence-electron chi connectivity index (χ1n) is 4.48. The normalized spacial score (nSPS) is 10.0. The van der Waals surface area contributed by atoms with Crippen molar-refractivity contribution in [1.82, 2.24) is 0 Å². The van der Waals surface area contributed by atoms with Gasteiger partial charge in [0.1, 0.15) is 0 Å². The van der Waals surface area contributed by atoms with Crippen LogP contribution in [0.1, 0.15) is 0 Å². The van der Waals surface area contributed by atoms with E-state index in [9.17, 15) is 4.79 Å². The van der Waals surface area contributed by atoms with Crippen LogP contribution in [0.2, 0.25) is 10.0 Å². The van der Waals surface area contributed by atoms with Crippen LogP contribution in [0.3, 0.4) is 0 Å². The summed E-state index contributed by atoms with van der Waals surface area (Å²) in [6, 6.07) is 3.23. The van der Waals surface area contributed by atoms with Crippen LogP contribution in [0.25, 0.3) is 0 Å². The Morgan fingerprint density at radius 3 is 2.62 bits per heavy atom. The molecule has 1 aromatic carbocycles. The number of ether oxygens (including phenoxy) is 1. The lowest BCUT2D eigenvalue weighted by molar-refractivity contribution is -0.116. The second-order valence-corrected chi connectivity index (χ2v) is 4.11. The number of halogens is 2. The van der Waals surface area contributed by atoms with Crippen LogP contribution in [0.15, 0.2) is 12.1 Å². The van der Waals surface area contributed by atoms with Crippen molar-refractivity contribution in [3.8, 4) is 5.75 Å². The van der Waals surface area contributed by atoms with Gasteiger partial charge < -0.3 is 15.4 Å². The Morgan fingerprint density at radius 2 is 2.12 bits per heavy atom. The molecule has 0 unspecified atom stereocenters. The highest BCUT2D eigenvalue weighted by Gasteiger charge is 2.14. The minimum Gasteiger partial charge on any atom is -0.493 e. The third kappa shape index (κ3) is 2.93. The number of primary amides is 1. The predicted octanol–water partition coefficient (Wildman–Crippen LogP) is 1.92. The van der Waals surface area contributed by atoms with Crippen molar-refractivity contribution in [2.75, 3.05) is 25.6 Å². The zero-order chi connectivity index (χ0) is 12.3. The van der Waals surface area contributed by atoms with Crippen molar-refractivity contribution in [3.63, 3.8) is 0 Å². The van der Waals surface area contributed by atoms with E-state index < -0.39 is 5.91 Å². The second-order valence-electron chi connectivity index (χ2n) is 3.26. The molecule has 0 saturated carbocycles. The van der Waals surface area contributed by atoms with Gasteiger partial charge in [-0.3, -0.25) is 4.79 Å². The zero-order valence-electron chi connectivity index (χ0n) is 8.96. The highest BCUT2D eigenvalue weighted by molar-refractivity contribution is 6.36. The third-order valence-corrected chi connectivity index (χ3v) is 2.50. The highest BCUT2D eigenvalue weighted by Crippen LogP contribution is 2.37. The number of carbonyl (C=O) groups is 1. The molecular formula is C10H12Cl2N2O2. The second kappa shape index (κ2) is 5.27. The number of nitrogens with zero attached hydrogens (tertiary/aromatic N) is 1. The van der Waals surface area contributed by atoms with Gasteiger partial charge in [0.25, 0.3) is 0 Å². The fraction of sp³-hybridized carbons (Fsp3) is 0.300. The molecule has 0 aliphatic rings. The van der Waals surface area contributed by atoms with Gasteiger partial charge in [0.05, 0.1) is 24.4 Å². The van der Waals surface area contributed by atoms with Gasteiger partial charge in [-0.25, -0.2) is 0 Å². The fourth-order valence-corrected chi connectivity index (χ4v) is 1.91. The van der Waals surface area contributed by atoms with Gasteiger partial charge >= 0.3 is 0 Å². The molecule has 4 nitrogen and oxygen atoms in total. The Balaban J connectivity index is 3.15. The molecule has 0 aliphatic carbocycles. The summed E-state index contributed by atoms with van der Waals surface area (Å²) in [5.41, 5.74) is 5.73. The molecule has 2 N–H and O–H groups in total. The largest absolute Gasteiger partial charge is 0.493 e. The molecule has 16 heavy (non-hydrogen) atoms. The van der Waals surface area contributed by atoms with Crippen LogP contribution < -0.4 is 15.4 Å². The SMILES string of the molecule is COc1c(Cl)cc(Cl)cc1N(C)CC(N)=O. The molecule has 1 aromatic rings. The molecular weight excluding hydrogens is 251 g/mol. The van der Waals surface area contributed by atoms with E-state index in [2.05, 4.69) is 0 Å². The van der Waals surface area contributed by atoms with Crippen molar-refractivity contribution < 1.29 is 9.53 Å². The summed E-state index contributed by atoms with van der Waals surface area (Å²) in [4.78, 5) is 12.5. The van der Waals surface area contributed by atoms with Crippen molar-refractivity contribution in [1.29, 1.82) is 0 Å². The van der Waals surface area contributed by atoms with Crippen molar-refractivity contribution in [2.45, 2.75) is 0 Å². The maximum atomic E-state index is 10.8. The molecule has 0 fully saturated rings. The van der Waals surface area contributed by atoms with Crippen molar-refractivity contribution in [3.05, 3.63) is 22.2 Å². The monoisotopic (exact) mass is 262 g/mol. The number of hydrogen-bond acceptors (Lipinski definition) is 3. The van der Waals surface area contributed by atoms with E-state index in [4.69, 9.17) is 33.7 Å². The number of anilines is 1. The number of amides is 1. The lowest BCUT2D eigenvalue weighted by atomic mass is 10.2. The fourth-order valence-electron chi connectivity index (χ4n) is 1.35. The van der Waals surface area contributed by atoms with Crippen LogP contribution in [0, 0.1) is 0 Å². The summed E-state index contributed by atoms with van der Waals surface area (Å²) in [5, 5.41) is 0.860. The van der Waals surface area contributed by atoms with Crippen LogP contribution in [-0.4, -0.2) is 26.6 Å². The zero-order valence-corrected chi connectivity index (χ0v) is 10.5. The Kier molecular flexibility index (Phi) is 4.26. The molecule has 0 saturated heterocycles. The minimum absolute atomic E-state index is 0.0625. The summed E-state index contributed by atoms with van der Waals surface area (Å²) in [7, 11) is 3.20. The molecule has 0 bridgehead atoms. The lowest BCUT2D eigenvalue weighted by Crippen LogP contribution is -2.30. The van der Waals surface area contributed by atoms with E-state index in [1.165, 1.54) is 7.11 Å². The maximum absolute atomic E-state index is 10.8. The molecule has 0 aromatic heterocycles. The number of carbonyl (C=O) groups excluding carboxylic acids is 1. The van der Waals surface area contributed by atoms with Crippen molar-refractivity contribution >= 4 is 34.8 Å². The van der Waals surface area contributed by atoms with Gasteiger partial charge in [0, 0.05) is 12.1 Å². The van der Waals surface area contributed by atoms with Gasteiger partial charge in [-0.05, 0) is 12.1 Å². The summed E-state index contributed by atoms with van der Waals surface area (Å²) in [6.45, 7) is 0.0625. The number of nitrogens with two attached hydrogens (primary N) is 1. The number of benzene rings is 1. The molecule has 0 aliphatic heterocycles. The Labute approximate surface area is 104 Å². The standard InChI is InChI=1S/C10H12Cl2N2O2/c1-14(5-9(13)15)8-4-6(11)3-7(12)10(8)16-2/h3-4H,5H2,1-2H3,(H2,13,15). The quantitative estimate of drug-likeness (QED) is 0.902. The average Bonchev–Trinajstić information content (AvgIpc) is 2.15. The first-order valence-corrected chi connectivity index (χ1v) is 5.23. The summed E-state index contributed by atoms with van der Waals surface area (Å²) >= 11 is 11.8. The van der Waals surface area contributed by atoms with Gasteiger partial charge in [0.15, 0.2) is 5.75 Å². The van der Waals surface area contributed by atoms with E-state index in [-0.39, 0.29) is 6.54 Å². The molecule has 0 atom stereocenters. The minimum atomic E-state index is -0.444. The third-order valence-electron chi connectivity index (χ3n) is 2.00. The lowest BCUT2D eigenvalue weighted by Gasteiger charge is -2.21. The average molecular weight is 263 g/mol. The topological polar surface area (TPSA) is 55.6 Å². The predicted molar refractivity (Wildman–Crippen MR) is 65.5 cm³/mol. The van der Waals surface area contributed by atoms with Crippen LogP contribution in [-0.2, 0) is 4.79 Å². The van der Waals surface area contributed by atoms with E-state index in [1.54, 1.807) is 24.1 Å². The Bertz CT molecular complexity index is 410. The molecule has 0 radical (unpaired) electrons. The van der Waals surface area contributed by atoms with E-state index in [0.717, 1.165) is 0 Å². The van der Waals surface area contributed by atoms with E-state index >= 15 is 0 Å². The number of rotatable bonds is 4. The number of methoxy groups -OCH3 is 1. The van der Waals surface area contributed by atoms with Gasteiger partial charge in [-0.15, -0.1) is 0 Å². The van der Waals surface area contributed by atoms with E-state index in [1.807, 2.05) is 0 Å². The van der Waals surface area contributed by atoms with Gasteiger partial charge in [-0.2, -0.15) is 0 Å². The molecule has 0 heterocycles. The first kappa shape index (κ1) is 12.9. The number of hydrogen-bond donors (Lipinski definition) is 1. The smallest absolute Gasteiger partial charge is 0.236 e. The van der Waals surface area contributed by atoms with Crippen LogP contribution in [0.5, 0.6) is 5.75 Å². The Hall–Kier alpha value is -1.13. The molecule has 0 spiro atoms. The summed E-state index contributed by atoms with van der Waals surface area (Å²) in [5.74, 6) is 0.0236. The van der Waals surface area contributed by atoms with Gasteiger partial charge in [0.2, 0.25) is 5.91 Å². The molecule has 1 rings (SSSR count). The van der Waals surface area contributed by atoms with Crippen molar-refractivity contribution in [2.24, 2.45) is 5.73 Å². The molecule has 1 amide bonds.